The van der Waals surface area contributed by atoms with Gasteiger partial charge >= 0.3 is 0 Å². The minimum atomic E-state index is 0.00904. The van der Waals surface area contributed by atoms with Crippen molar-refractivity contribution >= 4 is 49.7 Å². The van der Waals surface area contributed by atoms with Crippen molar-refractivity contribution in [1.29, 1.82) is 0 Å². The second-order valence-corrected chi connectivity index (χ2v) is 11.0. The number of carbonyl (C=O) groups excluding carboxylic acids is 1. The van der Waals surface area contributed by atoms with Crippen LogP contribution in [0.2, 0.25) is 0 Å². The highest BCUT2D eigenvalue weighted by atomic mass is 32.1. The Morgan fingerprint density at radius 3 is 2.75 bits per heavy atom. The van der Waals surface area contributed by atoms with E-state index in [1.54, 1.807) is 29.0 Å². The van der Waals surface area contributed by atoms with Gasteiger partial charge in [-0.1, -0.05) is 6.08 Å². The lowest BCUT2D eigenvalue weighted by atomic mass is 9.95. The zero-order chi connectivity index (χ0) is 22.2. The van der Waals surface area contributed by atoms with Gasteiger partial charge in [0.25, 0.3) is 0 Å². The first-order valence-electron chi connectivity index (χ1n) is 11.4. The molecular weight excluding hydrogens is 438 g/mol. The third kappa shape index (κ3) is 3.83. The van der Waals surface area contributed by atoms with Crippen LogP contribution in [0.15, 0.2) is 19.0 Å². The van der Waals surface area contributed by atoms with Crippen molar-refractivity contribution < 1.29 is 4.79 Å². The molecule has 5 rings (SSSR count). The first-order chi connectivity index (χ1) is 15.6. The molecule has 0 unspecified atom stereocenters. The fourth-order valence-corrected chi connectivity index (χ4v) is 6.96. The fourth-order valence-electron chi connectivity index (χ4n) is 4.81. The number of piperidine rings is 1. The van der Waals surface area contributed by atoms with Crippen LogP contribution in [0.3, 0.4) is 0 Å². The SMILES string of the molecule is C=CCN(C(=O)C1CCN(c2ncnc3sc(C)c(C)c23)CC1)c1nc2c(s1)CCCC2. The summed E-state index contributed by atoms with van der Waals surface area (Å²) >= 11 is 3.43. The second kappa shape index (κ2) is 8.90. The molecule has 0 N–H and O–H groups in total. The van der Waals surface area contributed by atoms with E-state index in [1.807, 2.05) is 11.0 Å². The summed E-state index contributed by atoms with van der Waals surface area (Å²) in [6, 6.07) is 0. The fraction of sp³-hybridized carbons (Fsp3) is 0.500. The third-order valence-electron chi connectivity index (χ3n) is 6.73. The van der Waals surface area contributed by atoms with Gasteiger partial charge in [-0.25, -0.2) is 15.0 Å². The molecule has 0 atom stereocenters. The Morgan fingerprint density at radius 2 is 2.00 bits per heavy atom. The predicted molar refractivity (Wildman–Crippen MR) is 133 cm³/mol. The van der Waals surface area contributed by atoms with E-state index in [0.717, 1.165) is 54.6 Å². The number of thiazole rings is 1. The summed E-state index contributed by atoms with van der Waals surface area (Å²) in [5.41, 5.74) is 2.46. The zero-order valence-electron chi connectivity index (χ0n) is 18.8. The maximum absolute atomic E-state index is 13.5. The van der Waals surface area contributed by atoms with Crippen molar-refractivity contribution in [3.05, 3.63) is 40.0 Å². The van der Waals surface area contributed by atoms with Crippen molar-refractivity contribution in [3.63, 3.8) is 0 Å². The molecule has 0 bridgehead atoms. The molecule has 1 fully saturated rings. The van der Waals surface area contributed by atoms with E-state index in [2.05, 4.69) is 35.3 Å². The zero-order valence-corrected chi connectivity index (χ0v) is 20.4. The summed E-state index contributed by atoms with van der Waals surface area (Å²) in [6.45, 7) is 10.4. The monoisotopic (exact) mass is 467 g/mol. The highest BCUT2D eigenvalue weighted by Gasteiger charge is 2.32. The molecule has 8 heteroatoms. The number of nitrogens with zero attached hydrogens (tertiary/aromatic N) is 5. The summed E-state index contributed by atoms with van der Waals surface area (Å²) in [5.74, 6) is 1.21. The molecular formula is C24H29N5OS2. The number of aromatic nitrogens is 3. The molecule has 1 saturated heterocycles. The van der Waals surface area contributed by atoms with E-state index >= 15 is 0 Å². The predicted octanol–water partition coefficient (Wildman–Crippen LogP) is 5.08. The Labute approximate surface area is 197 Å². The lowest BCUT2D eigenvalue weighted by Crippen LogP contribution is -2.43. The molecule has 4 heterocycles. The van der Waals surface area contributed by atoms with Gasteiger partial charge in [-0.15, -0.1) is 29.3 Å². The van der Waals surface area contributed by atoms with Crippen LogP contribution in [0.4, 0.5) is 10.9 Å². The number of anilines is 2. The van der Waals surface area contributed by atoms with Gasteiger partial charge in [0, 0.05) is 35.3 Å². The van der Waals surface area contributed by atoms with Crippen molar-refractivity contribution in [2.75, 3.05) is 29.4 Å². The molecule has 0 aromatic carbocycles. The molecule has 6 nitrogen and oxygen atoms in total. The van der Waals surface area contributed by atoms with Gasteiger partial charge in [0.2, 0.25) is 5.91 Å². The molecule has 1 aliphatic heterocycles. The van der Waals surface area contributed by atoms with E-state index < -0.39 is 0 Å². The second-order valence-electron chi connectivity index (χ2n) is 8.73. The highest BCUT2D eigenvalue weighted by molar-refractivity contribution is 7.18. The Balaban J connectivity index is 1.32. The summed E-state index contributed by atoms with van der Waals surface area (Å²) < 4.78 is 0. The highest BCUT2D eigenvalue weighted by Crippen LogP contribution is 2.37. The minimum Gasteiger partial charge on any atom is -0.356 e. The van der Waals surface area contributed by atoms with Gasteiger partial charge in [0.05, 0.1) is 11.1 Å². The molecule has 3 aromatic rings. The summed E-state index contributed by atoms with van der Waals surface area (Å²) in [6.07, 6.45) is 9.68. The Bertz CT molecular complexity index is 1140. The normalized spacial score (nSPS) is 16.9. The van der Waals surface area contributed by atoms with E-state index in [-0.39, 0.29) is 11.8 Å². The molecule has 0 radical (unpaired) electrons. The number of thiophene rings is 1. The molecule has 32 heavy (non-hydrogen) atoms. The Morgan fingerprint density at radius 1 is 1.22 bits per heavy atom. The largest absolute Gasteiger partial charge is 0.356 e. The summed E-state index contributed by atoms with van der Waals surface area (Å²) in [4.78, 5) is 35.4. The number of aryl methyl sites for hydroxylation is 4. The van der Waals surface area contributed by atoms with E-state index in [4.69, 9.17) is 4.98 Å². The topological polar surface area (TPSA) is 62.2 Å². The maximum Gasteiger partial charge on any atom is 0.232 e. The van der Waals surface area contributed by atoms with Gasteiger partial charge in [-0.05, 0) is 57.9 Å². The Hall–Kier alpha value is -2.32. The van der Waals surface area contributed by atoms with Gasteiger partial charge in [-0.3, -0.25) is 9.69 Å². The average molecular weight is 468 g/mol. The maximum atomic E-state index is 13.5. The number of carbonyl (C=O) groups is 1. The van der Waals surface area contributed by atoms with Gasteiger partial charge in [0.15, 0.2) is 5.13 Å². The molecule has 1 aliphatic carbocycles. The smallest absolute Gasteiger partial charge is 0.232 e. The van der Waals surface area contributed by atoms with Crippen LogP contribution < -0.4 is 9.80 Å². The lowest BCUT2D eigenvalue weighted by molar-refractivity contribution is -0.122. The van der Waals surface area contributed by atoms with Crippen LogP contribution in [0.5, 0.6) is 0 Å². The summed E-state index contributed by atoms with van der Waals surface area (Å²) in [5, 5.41) is 2.02. The van der Waals surface area contributed by atoms with Crippen molar-refractivity contribution in [2.24, 2.45) is 5.92 Å². The quantitative estimate of drug-likeness (QED) is 0.490. The third-order valence-corrected chi connectivity index (χ3v) is 9.03. The van der Waals surface area contributed by atoms with E-state index in [1.165, 1.54) is 39.2 Å². The van der Waals surface area contributed by atoms with Crippen LogP contribution in [0, 0.1) is 19.8 Å². The van der Waals surface area contributed by atoms with Gasteiger partial charge in [0.1, 0.15) is 17.0 Å². The molecule has 168 valence electrons. The number of fused-ring (bicyclic) bond motifs is 2. The number of hydrogen-bond acceptors (Lipinski definition) is 7. The Kier molecular flexibility index (Phi) is 5.99. The van der Waals surface area contributed by atoms with E-state index in [0.29, 0.717) is 6.54 Å². The van der Waals surface area contributed by atoms with Crippen molar-refractivity contribution in [2.45, 2.75) is 52.4 Å². The first kappa shape index (κ1) is 21.5. The summed E-state index contributed by atoms with van der Waals surface area (Å²) in [7, 11) is 0. The molecule has 3 aromatic heterocycles. The minimum absolute atomic E-state index is 0.00904. The van der Waals surface area contributed by atoms with Crippen LogP contribution in [-0.4, -0.2) is 40.5 Å². The molecule has 0 saturated carbocycles. The first-order valence-corrected chi connectivity index (χ1v) is 13.1. The van der Waals surface area contributed by atoms with Crippen LogP contribution in [0.1, 0.15) is 46.7 Å². The van der Waals surface area contributed by atoms with Crippen LogP contribution in [0.25, 0.3) is 10.2 Å². The molecule has 2 aliphatic rings. The molecule has 1 amide bonds. The van der Waals surface area contributed by atoms with Gasteiger partial charge < -0.3 is 4.90 Å². The number of amides is 1. The van der Waals surface area contributed by atoms with E-state index in [9.17, 15) is 4.79 Å². The van der Waals surface area contributed by atoms with Crippen molar-refractivity contribution in [1.82, 2.24) is 15.0 Å². The number of rotatable bonds is 5. The average Bonchev–Trinajstić information content (AvgIpc) is 3.37. The molecule has 0 spiro atoms. The van der Waals surface area contributed by atoms with Crippen LogP contribution in [-0.2, 0) is 17.6 Å². The van der Waals surface area contributed by atoms with Crippen molar-refractivity contribution in [3.8, 4) is 0 Å². The van der Waals surface area contributed by atoms with Gasteiger partial charge in [-0.2, -0.15) is 0 Å². The lowest BCUT2D eigenvalue weighted by Gasteiger charge is -2.34. The standard InChI is InChI=1S/C24H29N5OS2/c1-4-11-29(24-27-18-7-5-6-8-19(18)32-24)23(30)17-9-12-28(13-10-17)21-20-15(2)16(3)31-22(20)26-14-25-21/h4,14,17H,1,5-13H2,2-3H3. The number of hydrogen-bond donors (Lipinski definition) is 0. The van der Waals surface area contributed by atoms with Crippen LogP contribution >= 0.6 is 22.7 Å².